The number of likely N-dealkylation sites (tertiary alicyclic amines) is 1. The molecule has 2 aromatic rings. The number of H-pyrrole nitrogens is 1. The van der Waals surface area contributed by atoms with E-state index in [1.807, 2.05) is 0 Å². The average Bonchev–Trinajstić information content (AvgIpc) is 2.96. The second-order valence-corrected chi connectivity index (χ2v) is 7.17. The number of aromatic amines is 1. The van der Waals surface area contributed by atoms with Gasteiger partial charge in [0.2, 0.25) is 0 Å². The first kappa shape index (κ1) is 15.8. The van der Waals surface area contributed by atoms with E-state index < -0.39 is 0 Å². The van der Waals surface area contributed by atoms with Crippen molar-refractivity contribution in [2.45, 2.75) is 24.4 Å². The first-order valence-electron chi connectivity index (χ1n) is 7.59. The van der Waals surface area contributed by atoms with Crippen molar-refractivity contribution in [3.63, 3.8) is 0 Å². The number of hydrogen-bond donors (Lipinski definition) is 1. The molecule has 0 radical (unpaired) electrons. The lowest BCUT2D eigenvalue weighted by atomic mass is 10.1. The van der Waals surface area contributed by atoms with Gasteiger partial charge in [-0.3, -0.25) is 9.13 Å². The average molecular weight is 339 g/mol. The Kier molecular flexibility index (Phi) is 4.70. The lowest BCUT2D eigenvalue weighted by molar-refractivity contribution is 0.242. The molecule has 1 saturated heterocycles. The zero-order valence-corrected chi connectivity index (χ0v) is 14.6. The van der Waals surface area contributed by atoms with Crippen LogP contribution in [0.25, 0.3) is 11.2 Å². The number of nitrogens with zero attached hydrogens (tertiary/aromatic N) is 4. The van der Waals surface area contributed by atoms with E-state index in [-0.39, 0.29) is 5.69 Å². The number of imidazole rings is 1. The van der Waals surface area contributed by atoms with E-state index in [0.29, 0.717) is 10.3 Å². The van der Waals surface area contributed by atoms with Crippen LogP contribution in [-0.4, -0.2) is 49.4 Å². The number of aryl methyl sites for hydroxylation is 1. The van der Waals surface area contributed by atoms with Gasteiger partial charge in [-0.15, -0.1) is 0 Å². The van der Waals surface area contributed by atoms with Crippen LogP contribution in [0.4, 0.5) is 0 Å². The smallest absolute Gasteiger partial charge is 0.329 e. The highest BCUT2D eigenvalue weighted by Gasteiger charge is 2.13. The molecule has 0 unspecified atom stereocenters. The standard InChI is InChI=1S/C14H21N5OS2/c1-17-11-10(12(21)18(2)14(17)20)15-13(16-11)22-9-8-19-6-4-3-5-7-19/h3-9H2,1-2H3,(H,15,16). The topological polar surface area (TPSA) is 58.9 Å². The van der Waals surface area contributed by atoms with Crippen molar-refractivity contribution in [3.8, 4) is 0 Å². The predicted molar refractivity (Wildman–Crippen MR) is 92.2 cm³/mol. The van der Waals surface area contributed by atoms with Crippen LogP contribution < -0.4 is 5.69 Å². The van der Waals surface area contributed by atoms with Gasteiger partial charge < -0.3 is 9.88 Å². The van der Waals surface area contributed by atoms with Gasteiger partial charge >= 0.3 is 5.69 Å². The van der Waals surface area contributed by atoms with E-state index in [0.717, 1.165) is 23.0 Å². The van der Waals surface area contributed by atoms with Crippen LogP contribution in [-0.2, 0) is 14.1 Å². The van der Waals surface area contributed by atoms with Crippen molar-refractivity contribution in [2.24, 2.45) is 14.1 Å². The fraction of sp³-hybridized carbons (Fsp3) is 0.643. The second-order valence-electron chi connectivity index (χ2n) is 5.70. The van der Waals surface area contributed by atoms with Gasteiger partial charge in [0.1, 0.15) is 10.2 Å². The maximum atomic E-state index is 12.0. The largest absolute Gasteiger partial charge is 0.330 e. The molecule has 120 valence electrons. The molecule has 3 rings (SSSR count). The molecule has 0 saturated carbocycles. The summed E-state index contributed by atoms with van der Waals surface area (Å²) in [5, 5.41) is 0.833. The highest BCUT2D eigenvalue weighted by molar-refractivity contribution is 7.99. The molecule has 1 aliphatic rings. The molecule has 1 aliphatic heterocycles. The normalized spacial score (nSPS) is 16.5. The SMILES string of the molecule is Cn1c(=S)c2[nH]c(SCCN3CCCCC3)nc2n(C)c1=O. The van der Waals surface area contributed by atoms with Crippen LogP contribution in [0.3, 0.4) is 0 Å². The Morgan fingerprint density at radius 2 is 1.95 bits per heavy atom. The molecule has 2 aromatic heterocycles. The van der Waals surface area contributed by atoms with Gasteiger partial charge in [-0.1, -0.05) is 30.4 Å². The Labute approximate surface area is 138 Å². The van der Waals surface area contributed by atoms with Crippen molar-refractivity contribution in [1.29, 1.82) is 0 Å². The molecule has 0 amide bonds. The molecule has 6 nitrogen and oxygen atoms in total. The molecule has 22 heavy (non-hydrogen) atoms. The Balaban J connectivity index is 1.75. The number of thioether (sulfide) groups is 1. The second kappa shape index (κ2) is 6.55. The summed E-state index contributed by atoms with van der Waals surface area (Å²) in [7, 11) is 3.41. The van der Waals surface area contributed by atoms with Crippen molar-refractivity contribution in [3.05, 3.63) is 15.1 Å². The molecule has 3 heterocycles. The van der Waals surface area contributed by atoms with E-state index >= 15 is 0 Å². The number of piperidine rings is 1. The summed E-state index contributed by atoms with van der Waals surface area (Å²) in [5.74, 6) is 0.993. The van der Waals surface area contributed by atoms with Gasteiger partial charge in [0.05, 0.1) is 0 Å². The Hall–Kier alpha value is -1.12. The minimum atomic E-state index is -0.145. The summed E-state index contributed by atoms with van der Waals surface area (Å²) in [4.78, 5) is 22.3. The van der Waals surface area contributed by atoms with E-state index in [1.165, 1.54) is 41.5 Å². The lowest BCUT2D eigenvalue weighted by Gasteiger charge is -2.25. The summed E-state index contributed by atoms with van der Waals surface area (Å²) in [5.41, 5.74) is 1.25. The minimum Gasteiger partial charge on any atom is -0.329 e. The van der Waals surface area contributed by atoms with Crippen molar-refractivity contribution >= 4 is 35.1 Å². The highest BCUT2D eigenvalue weighted by Crippen LogP contribution is 2.19. The first-order chi connectivity index (χ1) is 10.6. The maximum Gasteiger partial charge on any atom is 0.330 e. The van der Waals surface area contributed by atoms with Gasteiger partial charge in [0.15, 0.2) is 10.8 Å². The lowest BCUT2D eigenvalue weighted by Crippen LogP contribution is -2.31. The Morgan fingerprint density at radius 1 is 1.23 bits per heavy atom. The van der Waals surface area contributed by atoms with Crippen LogP contribution in [0.1, 0.15) is 19.3 Å². The number of aromatic nitrogens is 4. The van der Waals surface area contributed by atoms with Crippen molar-refractivity contribution in [2.75, 3.05) is 25.4 Å². The maximum absolute atomic E-state index is 12.0. The summed E-state index contributed by atoms with van der Waals surface area (Å²) in [6.07, 6.45) is 3.99. The zero-order chi connectivity index (χ0) is 15.7. The third-order valence-electron chi connectivity index (χ3n) is 4.17. The molecule has 0 atom stereocenters. The third-order valence-corrected chi connectivity index (χ3v) is 5.50. The predicted octanol–water partition coefficient (Wildman–Crippen LogP) is 1.91. The number of hydrogen-bond acceptors (Lipinski definition) is 5. The molecular weight excluding hydrogens is 318 g/mol. The van der Waals surface area contributed by atoms with Gasteiger partial charge in [-0.25, -0.2) is 9.78 Å². The fourth-order valence-electron chi connectivity index (χ4n) is 2.83. The summed E-state index contributed by atoms with van der Waals surface area (Å²) < 4.78 is 3.52. The Bertz CT molecular complexity index is 785. The molecular formula is C14H21N5OS2. The first-order valence-corrected chi connectivity index (χ1v) is 8.98. The van der Waals surface area contributed by atoms with E-state index in [1.54, 1.807) is 25.9 Å². The van der Waals surface area contributed by atoms with Crippen molar-refractivity contribution < 1.29 is 0 Å². The number of fused-ring (bicyclic) bond motifs is 1. The molecule has 0 bridgehead atoms. The van der Waals surface area contributed by atoms with E-state index in [4.69, 9.17) is 12.2 Å². The third kappa shape index (κ3) is 3.00. The fourth-order valence-corrected chi connectivity index (χ4v) is 3.92. The zero-order valence-electron chi connectivity index (χ0n) is 13.0. The quantitative estimate of drug-likeness (QED) is 0.681. The van der Waals surface area contributed by atoms with Crippen LogP contribution in [0.15, 0.2) is 9.95 Å². The van der Waals surface area contributed by atoms with E-state index in [2.05, 4.69) is 14.9 Å². The summed E-state index contributed by atoms with van der Waals surface area (Å²) in [6.45, 7) is 3.50. The summed E-state index contributed by atoms with van der Waals surface area (Å²) >= 11 is 7.02. The van der Waals surface area contributed by atoms with Gasteiger partial charge in [-0.05, 0) is 25.9 Å². The molecule has 8 heteroatoms. The molecule has 1 N–H and O–H groups in total. The molecule has 1 fully saturated rings. The molecule has 0 aromatic carbocycles. The summed E-state index contributed by atoms with van der Waals surface area (Å²) in [6, 6.07) is 0. The Morgan fingerprint density at radius 3 is 2.68 bits per heavy atom. The van der Waals surface area contributed by atoms with Gasteiger partial charge in [0.25, 0.3) is 0 Å². The molecule has 0 spiro atoms. The van der Waals surface area contributed by atoms with E-state index in [9.17, 15) is 4.79 Å². The van der Waals surface area contributed by atoms with Crippen LogP contribution in [0.5, 0.6) is 0 Å². The number of rotatable bonds is 4. The van der Waals surface area contributed by atoms with Gasteiger partial charge in [-0.2, -0.15) is 0 Å². The number of nitrogens with one attached hydrogen (secondary N) is 1. The van der Waals surface area contributed by atoms with Crippen LogP contribution in [0, 0.1) is 4.64 Å². The molecule has 0 aliphatic carbocycles. The highest BCUT2D eigenvalue weighted by atomic mass is 32.2. The van der Waals surface area contributed by atoms with Gasteiger partial charge in [0, 0.05) is 26.4 Å². The van der Waals surface area contributed by atoms with Crippen LogP contribution in [0.2, 0.25) is 0 Å². The van der Waals surface area contributed by atoms with Crippen LogP contribution >= 0.6 is 24.0 Å². The minimum absolute atomic E-state index is 0.145. The monoisotopic (exact) mass is 339 g/mol. The van der Waals surface area contributed by atoms with Crippen molar-refractivity contribution in [1.82, 2.24) is 24.0 Å².